The first-order valence-electron chi connectivity index (χ1n) is 8.44. The van der Waals surface area contributed by atoms with Gasteiger partial charge in [0.15, 0.2) is 0 Å². The maximum Gasteiger partial charge on any atom is 0.227 e. The highest BCUT2D eigenvalue weighted by Gasteiger charge is 2.33. The highest BCUT2D eigenvalue weighted by atomic mass is 35.5. The number of nitrogens with zero attached hydrogens (tertiary/aromatic N) is 1. The standard InChI is InChI=1S/C18H27N3O2.ClH/c1-3-18(4-2,13-19)17(23)20-12-14-7-5-8-15(11-14)21-10-6-9-16(21)22;/h5,7-8,11H,3-4,6,9-10,12-13,19H2,1-2H3,(H,20,23);1H. The molecule has 1 aromatic rings. The van der Waals surface area contributed by atoms with Crippen LogP contribution in [-0.4, -0.2) is 24.9 Å². The lowest BCUT2D eigenvalue weighted by atomic mass is 9.81. The van der Waals surface area contributed by atoms with Crippen LogP contribution in [0, 0.1) is 5.41 Å². The van der Waals surface area contributed by atoms with E-state index in [2.05, 4.69) is 5.32 Å². The van der Waals surface area contributed by atoms with Gasteiger partial charge in [0, 0.05) is 31.7 Å². The van der Waals surface area contributed by atoms with E-state index in [0.717, 1.165) is 37.1 Å². The molecular formula is C18H28ClN3O2. The average Bonchev–Trinajstić information content (AvgIpc) is 3.01. The van der Waals surface area contributed by atoms with Gasteiger partial charge in [0.2, 0.25) is 11.8 Å². The van der Waals surface area contributed by atoms with Crippen molar-refractivity contribution in [3.05, 3.63) is 29.8 Å². The molecule has 0 aromatic heterocycles. The van der Waals surface area contributed by atoms with Crippen LogP contribution in [0.1, 0.15) is 45.1 Å². The van der Waals surface area contributed by atoms with Gasteiger partial charge in [-0.1, -0.05) is 26.0 Å². The molecule has 1 aliphatic rings. The number of rotatable bonds is 7. The van der Waals surface area contributed by atoms with Crippen LogP contribution in [0.15, 0.2) is 24.3 Å². The van der Waals surface area contributed by atoms with Crippen LogP contribution in [0.3, 0.4) is 0 Å². The lowest BCUT2D eigenvalue weighted by Gasteiger charge is -2.28. The van der Waals surface area contributed by atoms with Gasteiger partial charge in [-0.2, -0.15) is 0 Å². The largest absolute Gasteiger partial charge is 0.352 e. The molecule has 0 atom stereocenters. The van der Waals surface area contributed by atoms with Crippen LogP contribution in [0.25, 0.3) is 0 Å². The number of anilines is 1. The quantitative estimate of drug-likeness (QED) is 0.791. The van der Waals surface area contributed by atoms with Gasteiger partial charge in [-0.25, -0.2) is 0 Å². The SMILES string of the molecule is CCC(CC)(CN)C(=O)NCc1cccc(N2CCCC2=O)c1.Cl. The second-order valence-electron chi connectivity index (χ2n) is 6.19. The molecule has 2 rings (SSSR count). The summed E-state index contributed by atoms with van der Waals surface area (Å²) in [4.78, 5) is 26.1. The van der Waals surface area contributed by atoms with Gasteiger partial charge in [-0.15, -0.1) is 12.4 Å². The molecule has 5 nitrogen and oxygen atoms in total. The van der Waals surface area contributed by atoms with E-state index in [1.54, 1.807) is 0 Å². The number of amides is 2. The Morgan fingerprint density at radius 2 is 2.04 bits per heavy atom. The van der Waals surface area contributed by atoms with Gasteiger partial charge in [0.05, 0.1) is 5.41 Å². The van der Waals surface area contributed by atoms with Crippen LogP contribution in [0.4, 0.5) is 5.69 Å². The molecule has 2 amide bonds. The minimum Gasteiger partial charge on any atom is -0.352 e. The third-order valence-corrected chi connectivity index (χ3v) is 4.97. The van der Waals surface area contributed by atoms with E-state index in [4.69, 9.17) is 5.73 Å². The Balaban J connectivity index is 0.00000288. The highest BCUT2D eigenvalue weighted by Crippen LogP contribution is 2.26. The molecule has 1 saturated heterocycles. The van der Waals surface area contributed by atoms with Crippen molar-refractivity contribution in [3.63, 3.8) is 0 Å². The van der Waals surface area contributed by atoms with Crippen molar-refractivity contribution in [2.75, 3.05) is 18.0 Å². The molecule has 1 heterocycles. The number of hydrogen-bond acceptors (Lipinski definition) is 3. The predicted octanol–water partition coefficient (Wildman–Crippen LogP) is 2.62. The van der Waals surface area contributed by atoms with Gasteiger partial charge in [-0.3, -0.25) is 9.59 Å². The van der Waals surface area contributed by atoms with Crippen molar-refractivity contribution < 1.29 is 9.59 Å². The summed E-state index contributed by atoms with van der Waals surface area (Å²) in [7, 11) is 0. The van der Waals surface area contributed by atoms with Gasteiger partial charge in [0.25, 0.3) is 0 Å². The molecule has 0 saturated carbocycles. The van der Waals surface area contributed by atoms with Crippen LogP contribution >= 0.6 is 12.4 Å². The Kier molecular flexibility index (Phi) is 7.70. The summed E-state index contributed by atoms with van der Waals surface area (Å²) >= 11 is 0. The summed E-state index contributed by atoms with van der Waals surface area (Å²) in [5.74, 6) is 0.179. The van der Waals surface area contributed by atoms with Crippen molar-refractivity contribution in [2.24, 2.45) is 11.1 Å². The Morgan fingerprint density at radius 1 is 1.33 bits per heavy atom. The van der Waals surface area contributed by atoms with Crippen LogP contribution in [-0.2, 0) is 16.1 Å². The van der Waals surface area contributed by atoms with Gasteiger partial charge in [0.1, 0.15) is 0 Å². The summed E-state index contributed by atoms with van der Waals surface area (Å²) in [6.07, 6.45) is 2.99. The zero-order valence-corrected chi connectivity index (χ0v) is 15.3. The Labute approximate surface area is 150 Å². The minimum atomic E-state index is -0.484. The van der Waals surface area contributed by atoms with E-state index in [-0.39, 0.29) is 24.2 Å². The minimum absolute atomic E-state index is 0. The second kappa shape index (κ2) is 9.04. The molecule has 0 radical (unpaired) electrons. The smallest absolute Gasteiger partial charge is 0.227 e. The van der Waals surface area contributed by atoms with Gasteiger partial charge >= 0.3 is 0 Å². The number of hydrogen-bond donors (Lipinski definition) is 2. The molecule has 3 N–H and O–H groups in total. The second-order valence-corrected chi connectivity index (χ2v) is 6.19. The third-order valence-electron chi connectivity index (χ3n) is 4.97. The van der Waals surface area contributed by atoms with E-state index < -0.39 is 5.41 Å². The van der Waals surface area contributed by atoms with Crippen molar-refractivity contribution in [1.82, 2.24) is 5.32 Å². The molecule has 1 aromatic carbocycles. The zero-order chi connectivity index (χ0) is 16.9. The number of nitrogens with two attached hydrogens (primary N) is 1. The fraction of sp³-hybridized carbons (Fsp3) is 0.556. The van der Waals surface area contributed by atoms with Crippen molar-refractivity contribution >= 4 is 29.9 Å². The lowest BCUT2D eigenvalue weighted by Crippen LogP contribution is -2.45. The van der Waals surface area contributed by atoms with E-state index in [1.165, 1.54) is 0 Å². The molecule has 24 heavy (non-hydrogen) atoms. The van der Waals surface area contributed by atoms with Gasteiger partial charge < -0.3 is 16.0 Å². The van der Waals surface area contributed by atoms with Crippen molar-refractivity contribution in [1.29, 1.82) is 0 Å². The molecular weight excluding hydrogens is 326 g/mol. The topological polar surface area (TPSA) is 75.4 Å². The number of benzene rings is 1. The maximum atomic E-state index is 12.5. The highest BCUT2D eigenvalue weighted by molar-refractivity contribution is 5.95. The number of carbonyl (C=O) groups excluding carboxylic acids is 2. The van der Waals surface area contributed by atoms with E-state index >= 15 is 0 Å². The third kappa shape index (κ3) is 4.28. The fourth-order valence-electron chi connectivity index (χ4n) is 3.08. The number of nitrogens with one attached hydrogen (secondary N) is 1. The zero-order valence-electron chi connectivity index (χ0n) is 14.5. The maximum absolute atomic E-state index is 12.5. The molecule has 6 heteroatoms. The summed E-state index contributed by atoms with van der Waals surface area (Å²) < 4.78 is 0. The van der Waals surface area contributed by atoms with Crippen LogP contribution < -0.4 is 16.0 Å². The molecule has 1 aliphatic heterocycles. The molecule has 0 spiro atoms. The first-order valence-corrected chi connectivity index (χ1v) is 8.44. The van der Waals surface area contributed by atoms with E-state index in [1.807, 2.05) is 43.0 Å². The summed E-state index contributed by atoms with van der Waals surface area (Å²) in [6.45, 7) is 5.58. The van der Waals surface area contributed by atoms with Crippen LogP contribution in [0.2, 0.25) is 0 Å². The number of halogens is 1. The average molecular weight is 354 g/mol. The summed E-state index contributed by atoms with van der Waals surface area (Å²) in [5.41, 5.74) is 7.24. The van der Waals surface area contributed by atoms with E-state index in [9.17, 15) is 9.59 Å². The summed E-state index contributed by atoms with van der Waals surface area (Å²) in [6, 6.07) is 7.81. The molecule has 0 aliphatic carbocycles. The van der Waals surface area contributed by atoms with Crippen LogP contribution in [0.5, 0.6) is 0 Å². The first kappa shape index (κ1) is 20.5. The van der Waals surface area contributed by atoms with Gasteiger partial charge in [-0.05, 0) is 37.0 Å². The van der Waals surface area contributed by atoms with Crippen molar-refractivity contribution in [2.45, 2.75) is 46.1 Å². The molecule has 0 unspecified atom stereocenters. The Hall–Kier alpha value is -1.59. The summed E-state index contributed by atoms with van der Waals surface area (Å²) in [5, 5.41) is 3.00. The van der Waals surface area contributed by atoms with Crippen molar-refractivity contribution in [3.8, 4) is 0 Å². The van der Waals surface area contributed by atoms with E-state index in [0.29, 0.717) is 19.5 Å². The first-order chi connectivity index (χ1) is 11.1. The molecule has 0 bridgehead atoms. The monoisotopic (exact) mass is 353 g/mol. The number of carbonyl (C=O) groups is 2. The Bertz CT molecular complexity index is 565. The normalized spacial score (nSPS) is 14.5. The lowest BCUT2D eigenvalue weighted by molar-refractivity contribution is -0.131. The molecule has 134 valence electrons. The fourth-order valence-corrected chi connectivity index (χ4v) is 3.08. The molecule has 1 fully saturated rings. The predicted molar refractivity (Wildman–Crippen MR) is 99.2 cm³/mol. The Morgan fingerprint density at radius 3 is 2.58 bits per heavy atom.